The molecule has 5 rings (SSSR count). The van der Waals surface area contributed by atoms with Crippen molar-refractivity contribution in [2.75, 3.05) is 58.3 Å². The molecule has 226 valence electrons. The predicted molar refractivity (Wildman–Crippen MR) is 163 cm³/mol. The Kier molecular flexibility index (Phi) is 9.38. The first kappa shape index (κ1) is 30.3. The van der Waals surface area contributed by atoms with Crippen LogP contribution in [0, 0.1) is 11.6 Å². The van der Waals surface area contributed by atoms with E-state index in [2.05, 4.69) is 64.7 Å². The van der Waals surface area contributed by atoms with Gasteiger partial charge in [-0.3, -0.25) is 4.98 Å². The number of benzene rings is 1. The standard InChI is InChI=1S/C33H44F2N6O/c1-21(2)31-26(23-9-11-40(12-10-23)14-13-39(5)6)8-7-25(37-31)19-30-36-20-28(35)32(38-30)24-17-27(34)33-29(18-24)41(22(3)4)15-16-42-33/h7-8,17-18,20-23H,9-16,19H2,1-6H3. The number of rotatable bonds is 9. The highest BCUT2D eigenvalue weighted by Gasteiger charge is 2.27. The Bertz CT molecular complexity index is 1390. The summed E-state index contributed by atoms with van der Waals surface area (Å²) in [4.78, 5) is 20.8. The van der Waals surface area contributed by atoms with Crippen LogP contribution in [0.5, 0.6) is 5.75 Å². The first-order valence-electron chi connectivity index (χ1n) is 15.2. The monoisotopic (exact) mass is 578 g/mol. The van der Waals surface area contributed by atoms with Crippen molar-refractivity contribution in [2.45, 2.75) is 64.8 Å². The molecule has 2 aliphatic heterocycles. The quantitative estimate of drug-likeness (QED) is 0.314. The molecule has 0 aliphatic carbocycles. The fourth-order valence-corrected chi connectivity index (χ4v) is 6.07. The molecule has 1 aromatic carbocycles. The lowest BCUT2D eigenvalue weighted by molar-refractivity contribution is 0.193. The van der Waals surface area contributed by atoms with Crippen LogP contribution >= 0.6 is 0 Å². The van der Waals surface area contributed by atoms with Gasteiger partial charge in [-0.1, -0.05) is 19.9 Å². The summed E-state index contributed by atoms with van der Waals surface area (Å²) in [5.41, 5.74) is 4.37. The van der Waals surface area contributed by atoms with E-state index in [1.54, 1.807) is 6.07 Å². The molecule has 7 nitrogen and oxygen atoms in total. The Hall–Kier alpha value is -3.17. The lowest BCUT2D eigenvalue weighted by atomic mass is 9.85. The minimum Gasteiger partial charge on any atom is -0.486 e. The molecule has 0 atom stereocenters. The average Bonchev–Trinajstić information content (AvgIpc) is 2.97. The van der Waals surface area contributed by atoms with E-state index in [0.717, 1.165) is 50.4 Å². The third-order valence-corrected chi connectivity index (χ3v) is 8.39. The second kappa shape index (κ2) is 13.0. The predicted octanol–water partition coefficient (Wildman–Crippen LogP) is 5.88. The minimum atomic E-state index is -0.589. The van der Waals surface area contributed by atoms with Crippen LogP contribution in [0.15, 0.2) is 30.5 Å². The zero-order valence-electron chi connectivity index (χ0n) is 25.8. The van der Waals surface area contributed by atoms with Crippen LogP contribution in [0.4, 0.5) is 14.5 Å². The number of nitrogens with zero attached hydrogens (tertiary/aromatic N) is 6. The van der Waals surface area contributed by atoms with E-state index < -0.39 is 11.6 Å². The van der Waals surface area contributed by atoms with Crippen LogP contribution < -0.4 is 9.64 Å². The third-order valence-electron chi connectivity index (χ3n) is 8.39. The van der Waals surface area contributed by atoms with Crippen molar-refractivity contribution in [3.05, 3.63) is 64.9 Å². The Morgan fingerprint density at radius 3 is 2.45 bits per heavy atom. The third kappa shape index (κ3) is 6.73. The van der Waals surface area contributed by atoms with Gasteiger partial charge in [0.05, 0.1) is 24.8 Å². The number of pyridine rings is 1. The second-order valence-electron chi connectivity index (χ2n) is 12.5. The van der Waals surface area contributed by atoms with E-state index in [1.807, 2.05) is 13.8 Å². The summed E-state index contributed by atoms with van der Waals surface area (Å²) < 4.78 is 35.8. The topological polar surface area (TPSA) is 57.6 Å². The van der Waals surface area contributed by atoms with E-state index in [4.69, 9.17) is 9.72 Å². The maximum Gasteiger partial charge on any atom is 0.178 e. The molecule has 2 aliphatic rings. The Morgan fingerprint density at radius 2 is 1.76 bits per heavy atom. The van der Waals surface area contributed by atoms with E-state index in [0.29, 0.717) is 42.6 Å². The number of hydrogen-bond donors (Lipinski definition) is 0. The number of ether oxygens (including phenoxy) is 1. The van der Waals surface area contributed by atoms with Gasteiger partial charge in [0.25, 0.3) is 0 Å². The lowest BCUT2D eigenvalue weighted by Crippen LogP contribution is -2.38. The highest BCUT2D eigenvalue weighted by atomic mass is 19.1. The maximum absolute atomic E-state index is 15.1. The molecule has 0 N–H and O–H groups in total. The van der Waals surface area contributed by atoms with Gasteiger partial charge >= 0.3 is 0 Å². The van der Waals surface area contributed by atoms with Crippen molar-refractivity contribution in [3.8, 4) is 17.0 Å². The Balaban J connectivity index is 1.37. The summed E-state index contributed by atoms with van der Waals surface area (Å²) in [5.74, 6) is 0.329. The smallest absolute Gasteiger partial charge is 0.178 e. The van der Waals surface area contributed by atoms with E-state index in [-0.39, 0.29) is 23.4 Å². The number of hydrogen-bond acceptors (Lipinski definition) is 7. The lowest BCUT2D eigenvalue weighted by Gasteiger charge is -2.34. The number of likely N-dealkylation sites (N-methyl/N-ethyl adjacent to an activating group) is 1. The summed E-state index contributed by atoms with van der Waals surface area (Å²) in [7, 11) is 4.24. The fraction of sp³-hybridized carbons (Fsp3) is 0.545. The number of likely N-dealkylation sites (tertiary alicyclic amines) is 1. The van der Waals surface area contributed by atoms with Crippen LogP contribution in [-0.4, -0.2) is 84.2 Å². The van der Waals surface area contributed by atoms with Gasteiger partial charge in [-0.15, -0.1) is 0 Å². The van der Waals surface area contributed by atoms with Crippen molar-refractivity contribution in [3.63, 3.8) is 0 Å². The first-order valence-corrected chi connectivity index (χ1v) is 15.2. The molecule has 4 heterocycles. The normalized spacial score (nSPS) is 16.4. The van der Waals surface area contributed by atoms with E-state index in [1.165, 1.54) is 17.8 Å². The molecule has 0 spiro atoms. The van der Waals surface area contributed by atoms with Crippen LogP contribution in [0.3, 0.4) is 0 Å². The van der Waals surface area contributed by atoms with Crippen molar-refractivity contribution < 1.29 is 13.5 Å². The zero-order chi connectivity index (χ0) is 30.0. The highest BCUT2D eigenvalue weighted by Crippen LogP contribution is 2.39. The molecular formula is C33H44F2N6O. The molecule has 0 amide bonds. The molecule has 0 radical (unpaired) electrons. The zero-order valence-corrected chi connectivity index (χ0v) is 25.8. The largest absolute Gasteiger partial charge is 0.486 e. The van der Waals surface area contributed by atoms with Crippen molar-refractivity contribution in [1.82, 2.24) is 24.8 Å². The number of halogens is 2. The summed E-state index contributed by atoms with van der Waals surface area (Å²) in [5, 5.41) is 0. The number of aromatic nitrogens is 3. The first-order chi connectivity index (χ1) is 20.1. The Labute approximate surface area is 248 Å². The molecule has 2 aromatic heterocycles. The molecule has 9 heteroatoms. The Morgan fingerprint density at radius 1 is 1.00 bits per heavy atom. The summed E-state index contributed by atoms with van der Waals surface area (Å²) in [6.07, 6.45) is 3.81. The van der Waals surface area contributed by atoms with Crippen LogP contribution in [0.1, 0.15) is 75.1 Å². The number of fused-ring (bicyclic) bond motifs is 1. The molecular weight excluding hydrogens is 534 g/mol. The van der Waals surface area contributed by atoms with Gasteiger partial charge < -0.3 is 19.4 Å². The molecule has 42 heavy (non-hydrogen) atoms. The van der Waals surface area contributed by atoms with Gasteiger partial charge in [0.15, 0.2) is 17.4 Å². The molecule has 1 fully saturated rings. The van der Waals surface area contributed by atoms with Crippen LogP contribution in [0.25, 0.3) is 11.3 Å². The van der Waals surface area contributed by atoms with Crippen LogP contribution in [-0.2, 0) is 6.42 Å². The van der Waals surface area contributed by atoms with Gasteiger partial charge in [-0.2, -0.15) is 0 Å². The van der Waals surface area contributed by atoms with Gasteiger partial charge in [0.2, 0.25) is 0 Å². The fourth-order valence-electron chi connectivity index (χ4n) is 6.07. The van der Waals surface area contributed by atoms with Crippen molar-refractivity contribution in [1.29, 1.82) is 0 Å². The highest BCUT2D eigenvalue weighted by molar-refractivity contribution is 5.72. The molecule has 0 unspecified atom stereocenters. The van der Waals surface area contributed by atoms with Gasteiger partial charge in [0, 0.05) is 36.1 Å². The second-order valence-corrected chi connectivity index (χ2v) is 12.5. The van der Waals surface area contributed by atoms with Crippen molar-refractivity contribution >= 4 is 5.69 Å². The maximum atomic E-state index is 15.1. The summed E-state index contributed by atoms with van der Waals surface area (Å²) in [6.45, 7) is 13.9. The SMILES string of the molecule is CC(C)c1nc(Cc2ncc(F)c(-c3cc(F)c4c(c3)N(C(C)C)CCO4)n2)ccc1C1CCN(CCN(C)C)CC1. The van der Waals surface area contributed by atoms with Crippen molar-refractivity contribution in [2.24, 2.45) is 0 Å². The number of anilines is 1. The van der Waals surface area contributed by atoms with Crippen LogP contribution in [0.2, 0.25) is 0 Å². The van der Waals surface area contributed by atoms with E-state index in [9.17, 15) is 0 Å². The summed E-state index contributed by atoms with van der Waals surface area (Å²) in [6, 6.07) is 7.49. The molecule has 1 saturated heterocycles. The van der Waals surface area contributed by atoms with Gasteiger partial charge in [-0.05, 0) is 89.5 Å². The van der Waals surface area contributed by atoms with E-state index >= 15 is 8.78 Å². The number of piperidine rings is 1. The van der Waals surface area contributed by atoms with Gasteiger partial charge in [-0.25, -0.2) is 18.7 Å². The average molecular weight is 579 g/mol. The molecule has 0 bridgehead atoms. The minimum absolute atomic E-state index is 0.0812. The molecule has 3 aromatic rings. The van der Waals surface area contributed by atoms with Gasteiger partial charge in [0.1, 0.15) is 18.1 Å². The molecule has 0 saturated carbocycles. The summed E-state index contributed by atoms with van der Waals surface area (Å²) >= 11 is 0.